The van der Waals surface area contributed by atoms with Crippen LogP contribution in [0.1, 0.15) is 5.56 Å². The Bertz CT molecular complexity index is 1030. The smallest absolute Gasteiger partial charge is 0.173 e. The Morgan fingerprint density at radius 2 is 1.44 bits per heavy atom. The van der Waals surface area contributed by atoms with E-state index in [2.05, 4.69) is 21.1 Å². The number of hydrogen-bond donors (Lipinski definition) is 1. The molecule has 0 amide bonds. The summed E-state index contributed by atoms with van der Waals surface area (Å²) in [6, 6.07) is 24.8. The topological polar surface area (TPSA) is 55.5 Å². The van der Waals surface area contributed by atoms with Gasteiger partial charge < -0.3 is 14.4 Å². The Balaban J connectivity index is 1.62. The summed E-state index contributed by atoms with van der Waals surface area (Å²) in [7, 11) is 0. The van der Waals surface area contributed by atoms with E-state index in [-0.39, 0.29) is 6.61 Å². The Kier molecular flexibility index (Phi) is 5.05. The minimum atomic E-state index is -0.160. The molecule has 3 aromatic carbocycles. The van der Waals surface area contributed by atoms with Gasteiger partial charge in [-0.1, -0.05) is 51.4 Å². The van der Waals surface area contributed by atoms with Gasteiger partial charge in [0.25, 0.3) is 0 Å². The molecule has 0 bridgehead atoms. The molecule has 4 rings (SSSR count). The number of halogens is 1. The summed E-state index contributed by atoms with van der Waals surface area (Å²) in [5, 5.41) is 14.1. The first kappa shape index (κ1) is 17.5. The number of ether oxygens (including phenoxy) is 1. The lowest BCUT2D eigenvalue weighted by Crippen LogP contribution is -1.90. The van der Waals surface area contributed by atoms with Crippen LogP contribution in [0.4, 0.5) is 0 Å². The molecule has 27 heavy (non-hydrogen) atoms. The van der Waals surface area contributed by atoms with Gasteiger partial charge in [0.05, 0.1) is 12.2 Å². The zero-order valence-electron chi connectivity index (χ0n) is 14.3. The standard InChI is InChI=1S/C22H16BrNO3/c23-17-10-6-16(7-11-17)22-20(14-25)21(24-27-22)15-8-12-19(13-9-15)26-18-4-2-1-3-5-18/h1-13,25H,14H2. The molecule has 1 heterocycles. The quantitative estimate of drug-likeness (QED) is 0.425. The van der Waals surface area contributed by atoms with E-state index in [1.54, 1.807) is 0 Å². The van der Waals surface area contributed by atoms with Crippen molar-refractivity contribution in [2.75, 3.05) is 0 Å². The molecule has 0 saturated carbocycles. The zero-order chi connectivity index (χ0) is 18.6. The van der Waals surface area contributed by atoms with Crippen LogP contribution in [-0.2, 0) is 6.61 Å². The predicted octanol–water partition coefficient (Wildman–Crippen LogP) is 6.06. The van der Waals surface area contributed by atoms with Crippen LogP contribution in [0.25, 0.3) is 22.6 Å². The van der Waals surface area contributed by atoms with Crippen LogP contribution in [0.5, 0.6) is 11.5 Å². The molecule has 4 nitrogen and oxygen atoms in total. The van der Waals surface area contributed by atoms with Crippen molar-refractivity contribution in [1.29, 1.82) is 0 Å². The van der Waals surface area contributed by atoms with Crippen molar-refractivity contribution in [2.24, 2.45) is 0 Å². The third kappa shape index (κ3) is 3.79. The molecule has 134 valence electrons. The zero-order valence-corrected chi connectivity index (χ0v) is 15.9. The molecule has 0 aliphatic heterocycles. The SMILES string of the molecule is OCc1c(-c2ccc(Oc3ccccc3)cc2)noc1-c1ccc(Br)cc1. The molecule has 0 unspecified atom stereocenters. The van der Waals surface area contributed by atoms with E-state index in [4.69, 9.17) is 9.26 Å². The molecule has 0 atom stereocenters. The van der Waals surface area contributed by atoms with E-state index < -0.39 is 0 Å². The van der Waals surface area contributed by atoms with Crippen molar-refractivity contribution in [2.45, 2.75) is 6.61 Å². The van der Waals surface area contributed by atoms with Gasteiger partial charge in [-0.2, -0.15) is 0 Å². The molecule has 0 radical (unpaired) electrons. The first-order valence-corrected chi connectivity index (χ1v) is 9.22. The molecule has 4 aromatic rings. The summed E-state index contributed by atoms with van der Waals surface area (Å²) in [4.78, 5) is 0. The maximum absolute atomic E-state index is 9.88. The van der Waals surface area contributed by atoms with E-state index in [9.17, 15) is 5.11 Å². The normalized spacial score (nSPS) is 10.7. The number of para-hydroxylation sites is 1. The summed E-state index contributed by atoms with van der Waals surface area (Å²) in [6.07, 6.45) is 0. The van der Waals surface area contributed by atoms with Gasteiger partial charge in [0.15, 0.2) is 5.76 Å². The number of aliphatic hydroxyl groups is 1. The molecule has 1 aromatic heterocycles. The van der Waals surface area contributed by atoms with Crippen molar-refractivity contribution in [1.82, 2.24) is 5.16 Å². The van der Waals surface area contributed by atoms with Crippen LogP contribution in [-0.4, -0.2) is 10.3 Å². The molecule has 0 spiro atoms. The Morgan fingerprint density at radius 1 is 0.815 bits per heavy atom. The number of hydrogen-bond acceptors (Lipinski definition) is 4. The van der Waals surface area contributed by atoms with Gasteiger partial charge >= 0.3 is 0 Å². The number of nitrogens with zero attached hydrogens (tertiary/aromatic N) is 1. The monoisotopic (exact) mass is 421 g/mol. The van der Waals surface area contributed by atoms with Crippen molar-refractivity contribution < 1.29 is 14.4 Å². The maximum Gasteiger partial charge on any atom is 0.173 e. The molecule has 0 aliphatic rings. The predicted molar refractivity (Wildman–Crippen MR) is 108 cm³/mol. The second kappa shape index (κ2) is 7.78. The van der Waals surface area contributed by atoms with Crippen LogP contribution in [0.2, 0.25) is 0 Å². The van der Waals surface area contributed by atoms with Crippen LogP contribution in [0, 0.1) is 0 Å². The highest BCUT2D eigenvalue weighted by molar-refractivity contribution is 9.10. The highest BCUT2D eigenvalue weighted by Gasteiger charge is 2.18. The third-order valence-corrected chi connectivity index (χ3v) is 4.69. The first-order valence-electron chi connectivity index (χ1n) is 8.43. The number of rotatable bonds is 5. The lowest BCUT2D eigenvalue weighted by atomic mass is 10.0. The minimum absolute atomic E-state index is 0.160. The van der Waals surface area contributed by atoms with Gasteiger partial charge in [-0.25, -0.2) is 0 Å². The number of aromatic nitrogens is 1. The second-order valence-electron chi connectivity index (χ2n) is 5.94. The first-order chi connectivity index (χ1) is 13.2. The third-order valence-electron chi connectivity index (χ3n) is 4.16. The summed E-state index contributed by atoms with van der Waals surface area (Å²) >= 11 is 3.42. The van der Waals surface area contributed by atoms with Gasteiger partial charge in [-0.15, -0.1) is 0 Å². The van der Waals surface area contributed by atoms with Gasteiger partial charge in [0.2, 0.25) is 0 Å². The molecule has 0 fully saturated rings. The molecule has 0 saturated heterocycles. The van der Waals surface area contributed by atoms with Gasteiger partial charge in [-0.3, -0.25) is 0 Å². The van der Waals surface area contributed by atoms with Crippen molar-refractivity contribution in [3.05, 3.63) is 88.9 Å². The van der Waals surface area contributed by atoms with Crippen LogP contribution in [0.15, 0.2) is 87.9 Å². The Morgan fingerprint density at radius 3 is 2.11 bits per heavy atom. The molecule has 0 aliphatic carbocycles. The van der Waals surface area contributed by atoms with Crippen LogP contribution in [0.3, 0.4) is 0 Å². The molecular formula is C22H16BrNO3. The van der Waals surface area contributed by atoms with Crippen molar-refractivity contribution in [3.8, 4) is 34.1 Å². The minimum Gasteiger partial charge on any atom is -0.457 e. The fraction of sp³-hybridized carbons (Fsp3) is 0.0455. The fourth-order valence-corrected chi connectivity index (χ4v) is 3.08. The van der Waals surface area contributed by atoms with Crippen molar-refractivity contribution in [3.63, 3.8) is 0 Å². The van der Waals surface area contributed by atoms with Crippen molar-refractivity contribution >= 4 is 15.9 Å². The Labute approximate surface area is 165 Å². The highest BCUT2D eigenvalue weighted by Crippen LogP contribution is 2.34. The fourth-order valence-electron chi connectivity index (χ4n) is 2.82. The van der Waals surface area contributed by atoms with Gasteiger partial charge in [-0.05, 0) is 48.5 Å². The Hall–Kier alpha value is -2.89. The van der Waals surface area contributed by atoms with Crippen LogP contribution >= 0.6 is 15.9 Å². The molecular weight excluding hydrogens is 406 g/mol. The largest absolute Gasteiger partial charge is 0.457 e. The van der Waals surface area contributed by atoms with E-state index in [0.717, 1.165) is 27.1 Å². The lowest BCUT2D eigenvalue weighted by Gasteiger charge is -2.06. The molecule has 5 heteroatoms. The van der Waals surface area contributed by atoms with E-state index in [1.165, 1.54) is 0 Å². The molecule has 1 N–H and O–H groups in total. The second-order valence-corrected chi connectivity index (χ2v) is 6.86. The maximum atomic E-state index is 9.88. The van der Waals surface area contributed by atoms with Gasteiger partial charge in [0, 0.05) is 15.6 Å². The lowest BCUT2D eigenvalue weighted by molar-refractivity contribution is 0.281. The summed E-state index contributed by atoms with van der Waals surface area (Å²) < 4.78 is 12.3. The summed E-state index contributed by atoms with van der Waals surface area (Å²) in [5.41, 5.74) is 3.01. The number of aliphatic hydroxyl groups excluding tert-OH is 1. The summed E-state index contributed by atoms with van der Waals surface area (Å²) in [6.45, 7) is -0.160. The number of benzene rings is 3. The van der Waals surface area contributed by atoms with Crippen LogP contribution < -0.4 is 4.74 Å². The van der Waals surface area contributed by atoms with E-state index >= 15 is 0 Å². The highest BCUT2D eigenvalue weighted by atomic mass is 79.9. The average Bonchev–Trinajstić information content (AvgIpc) is 3.14. The van der Waals surface area contributed by atoms with E-state index in [0.29, 0.717) is 17.0 Å². The van der Waals surface area contributed by atoms with Gasteiger partial charge in [0.1, 0.15) is 17.2 Å². The average molecular weight is 422 g/mol. The summed E-state index contributed by atoms with van der Waals surface area (Å²) in [5.74, 6) is 2.08. The van der Waals surface area contributed by atoms with E-state index in [1.807, 2.05) is 78.9 Å².